The van der Waals surface area contributed by atoms with Gasteiger partial charge in [-0.05, 0) is 18.8 Å². The summed E-state index contributed by atoms with van der Waals surface area (Å²) in [5.74, 6) is 0.923. The third-order valence-corrected chi connectivity index (χ3v) is 2.18. The van der Waals surface area contributed by atoms with Crippen LogP contribution in [0.15, 0.2) is 0 Å². The molecule has 0 aromatic carbocycles. The van der Waals surface area contributed by atoms with Crippen molar-refractivity contribution in [3.05, 3.63) is 0 Å². The Morgan fingerprint density at radius 1 is 1.44 bits per heavy atom. The molecule has 1 aliphatic carbocycles. The molecular formula is C6H12ClNO. The fourth-order valence-electron chi connectivity index (χ4n) is 1.58. The summed E-state index contributed by atoms with van der Waals surface area (Å²) in [5, 5.41) is 12.0. The lowest BCUT2D eigenvalue weighted by Gasteiger charge is -2.06. The molecule has 0 radical (unpaired) electrons. The standard InChI is InChI=1S/C6H11NO.ClH/c8-3-5-1-4-2-6(4)7-5;/h4-8H,1-3H2;1H/t4-,5+,6+;/m1./s1. The Morgan fingerprint density at radius 3 is 2.56 bits per heavy atom. The van der Waals surface area contributed by atoms with E-state index in [4.69, 9.17) is 5.11 Å². The van der Waals surface area contributed by atoms with Crippen molar-refractivity contribution < 1.29 is 5.11 Å². The van der Waals surface area contributed by atoms with E-state index in [0.717, 1.165) is 12.0 Å². The van der Waals surface area contributed by atoms with Crippen LogP contribution >= 0.6 is 12.4 Å². The van der Waals surface area contributed by atoms with Crippen LogP contribution in [0, 0.1) is 5.92 Å². The first-order chi connectivity index (χ1) is 3.90. The molecule has 0 aromatic heterocycles. The maximum Gasteiger partial charge on any atom is 0.0584 e. The number of hydrogen-bond donors (Lipinski definition) is 2. The lowest BCUT2D eigenvalue weighted by molar-refractivity contribution is 0.246. The van der Waals surface area contributed by atoms with E-state index in [-0.39, 0.29) is 12.4 Å². The van der Waals surface area contributed by atoms with Gasteiger partial charge in [-0.2, -0.15) is 0 Å². The van der Waals surface area contributed by atoms with Gasteiger partial charge in [0.25, 0.3) is 0 Å². The van der Waals surface area contributed by atoms with Crippen LogP contribution in [0.5, 0.6) is 0 Å². The quantitative estimate of drug-likeness (QED) is 0.557. The molecule has 2 N–H and O–H groups in total. The Balaban J connectivity index is 0.000000405. The van der Waals surface area contributed by atoms with Gasteiger partial charge in [-0.3, -0.25) is 0 Å². The van der Waals surface area contributed by atoms with E-state index < -0.39 is 0 Å². The van der Waals surface area contributed by atoms with E-state index in [2.05, 4.69) is 5.32 Å². The molecule has 3 atom stereocenters. The number of aliphatic hydroxyl groups is 1. The highest BCUT2D eigenvalue weighted by Crippen LogP contribution is 2.40. The van der Waals surface area contributed by atoms with Gasteiger partial charge in [0, 0.05) is 12.1 Å². The summed E-state index contributed by atoms with van der Waals surface area (Å²) in [6.45, 7) is 0.326. The van der Waals surface area contributed by atoms with E-state index >= 15 is 0 Å². The normalized spacial score (nSPS) is 45.7. The molecule has 54 valence electrons. The van der Waals surface area contributed by atoms with Crippen LogP contribution < -0.4 is 5.32 Å². The van der Waals surface area contributed by atoms with Crippen LogP contribution in [-0.4, -0.2) is 23.8 Å². The van der Waals surface area contributed by atoms with Gasteiger partial charge in [0.2, 0.25) is 0 Å². The molecule has 0 aromatic rings. The third kappa shape index (κ3) is 1.20. The Labute approximate surface area is 61.0 Å². The van der Waals surface area contributed by atoms with Crippen molar-refractivity contribution in [1.82, 2.24) is 5.32 Å². The second kappa shape index (κ2) is 2.45. The van der Waals surface area contributed by atoms with E-state index in [0.29, 0.717) is 12.6 Å². The molecular weight excluding hydrogens is 138 g/mol. The molecule has 1 saturated carbocycles. The minimum absolute atomic E-state index is 0. The second-order valence-electron chi connectivity index (χ2n) is 2.88. The van der Waals surface area contributed by atoms with Gasteiger partial charge < -0.3 is 10.4 Å². The lowest BCUT2D eigenvalue weighted by atomic mass is 10.2. The molecule has 0 amide bonds. The second-order valence-corrected chi connectivity index (χ2v) is 2.88. The summed E-state index contributed by atoms with van der Waals surface area (Å²) in [7, 11) is 0. The smallest absolute Gasteiger partial charge is 0.0584 e. The molecule has 0 spiro atoms. The van der Waals surface area contributed by atoms with Gasteiger partial charge >= 0.3 is 0 Å². The Bertz CT molecular complexity index is 99.2. The summed E-state index contributed by atoms with van der Waals surface area (Å²) < 4.78 is 0. The number of fused-ring (bicyclic) bond motifs is 1. The van der Waals surface area contributed by atoms with E-state index in [1.165, 1.54) is 12.8 Å². The van der Waals surface area contributed by atoms with Crippen molar-refractivity contribution in [2.24, 2.45) is 5.92 Å². The molecule has 2 fully saturated rings. The van der Waals surface area contributed by atoms with E-state index in [1.807, 2.05) is 0 Å². The van der Waals surface area contributed by atoms with Crippen LogP contribution in [0.2, 0.25) is 0 Å². The molecule has 1 heterocycles. The predicted molar refractivity (Wildman–Crippen MR) is 37.8 cm³/mol. The zero-order valence-corrected chi connectivity index (χ0v) is 6.03. The summed E-state index contributed by atoms with van der Waals surface area (Å²) in [4.78, 5) is 0. The van der Waals surface area contributed by atoms with Gasteiger partial charge in [0.05, 0.1) is 6.61 Å². The largest absolute Gasteiger partial charge is 0.395 e. The number of piperidine rings is 1. The zero-order chi connectivity index (χ0) is 5.56. The van der Waals surface area contributed by atoms with Crippen molar-refractivity contribution in [1.29, 1.82) is 0 Å². The van der Waals surface area contributed by atoms with Crippen molar-refractivity contribution >= 4 is 12.4 Å². The molecule has 2 nitrogen and oxygen atoms in total. The molecule has 1 aliphatic heterocycles. The number of aliphatic hydroxyl groups excluding tert-OH is 1. The average Bonchev–Trinajstić information content (AvgIpc) is 2.40. The Kier molecular flexibility index (Phi) is 1.99. The summed E-state index contributed by atoms with van der Waals surface area (Å²) in [6, 6.07) is 1.21. The molecule has 2 aliphatic rings. The lowest BCUT2D eigenvalue weighted by Crippen LogP contribution is -2.28. The molecule has 0 unspecified atom stereocenters. The number of rotatable bonds is 1. The van der Waals surface area contributed by atoms with Gasteiger partial charge in [0.15, 0.2) is 0 Å². The van der Waals surface area contributed by atoms with Gasteiger partial charge in [-0.25, -0.2) is 0 Å². The van der Waals surface area contributed by atoms with Crippen LogP contribution in [0.4, 0.5) is 0 Å². The highest BCUT2D eigenvalue weighted by atomic mass is 35.5. The molecule has 0 bridgehead atoms. The monoisotopic (exact) mass is 149 g/mol. The van der Waals surface area contributed by atoms with Crippen LogP contribution in [0.25, 0.3) is 0 Å². The maximum absolute atomic E-state index is 8.64. The predicted octanol–water partition coefficient (Wildman–Crippen LogP) is 0.151. The van der Waals surface area contributed by atoms with Gasteiger partial charge in [-0.1, -0.05) is 0 Å². The highest BCUT2D eigenvalue weighted by Gasteiger charge is 2.45. The van der Waals surface area contributed by atoms with Gasteiger partial charge in [0.1, 0.15) is 0 Å². The Morgan fingerprint density at radius 2 is 2.22 bits per heavy atom. The van der Waals surface area contributed by atoms with Crippen molar-refractivity contribution in [3.63, 3.8) is 0 Å². The minimum atomic E-state index is 0. The first-order valence-corrected chi connectivity index (χ1v) is 3.27. The summed E-state index contributed by atoms with van der Waals surface area (Å²) >= 11 is 0. The van der Waals surface area contributed by atoms with Crippen molar-refractivity contribution in [3.8, 4) is 0 Å². The summed E-state index contributed by atoms with van der Waals surface area (Å²) in [6.07, 6.45) is 2.57. The minimum Gasteiger partial charge on any atom is -0.395 e. The maximum atomic E-state index is 8.64. The topological polar surface area (TPSA) is 32.3 Å². The first-order valence-electron chi connectivity index (χ1n) is 3.27. The molecule has 1 saturated heterocycles. The summed E-state index contributed by atoms with van der Waals surface area (Å²) in [5.41, 5.74) is 0. The zero-order valence-electron chi connectivity index (χ0n) is 5.21. The van der Waals surface area contributed by atoms with Crippen molar-refractivity contribution in [2.75, 3.05) is 6.61 Å². The molecule has 3 heteroatoms. The fraction of sp³-hybridized carbons (Fsp3) is 1.00. The number of halogens is 1. The van der Waals surface area contributed by atoms with Crippen LogP contribution in [-0.2, 0) is 0 Å². The molecule has 2 rings (SSSR count). The fourth-order valence-corrected chi connectivity index (χ4v) is 1.58. The average molecular weight is 150 g/mol. The van der Waals surface area contributed by atoms with Gasteiger partial charge in [-0.15, -0.1) is 12.4 Å². The third-order valence-electron chi connectivity index (χ3n) is 2.18. The highest BCUT2D eigenvalue weighted by molar-refractivity contribution is 5.85. The Hall–Kier alpha value is 0.210. The number of hydrogen-bond acceptors (Lipinski definition) is 2. The van der Waals surface area contributed by atoms with Crippen LogP contribution in [0.3, 0.4) is 0 Å². The van der Waals surface area contributed by atoms with Crippen LogP contribution in [0.1, 0.15) is 12.8 Å². The SMILES string of the molecule is Cl.OC[C@@H]1C[C@@H]2C[C@@H]2N1. The van der Waals surface area contributed by atoms with E-state index in [1.54, 1.807) is 0 Å². The number of nitrogens with one attached hydrogen (secondary N) is 1. The van der Waals surface area contributed by atoms with E-state index in [9.17, 15) is 0 Å². The molecule has 9 heavy (non-hydrogen) atoms. The first kappa shape index (κ1) is 7.32. The van der Waals surface area contributed by atoms with Crippen molar-refractivity contribution in [2.45, 2.75) is 24.9 Å².